The first-order valence-corrected chi connectivity index (χ1v) is 9.29. The number of para-hydroxylation sites is 1. The molecule has 0 saturated heterocycles. The summed E-state index contributed by atoms with van der Waals surface area (Å²) in [4.78, 5) is 16.6. The van der Waals surface area contributed by atoms with Crippen molar-refractivity contribution in [3.05, 3.63) is 41.5 Å². The van der Waals surface area contributed by atoms with Crippen molar-refractivity contribution in [3.8, 4) is 5.69 Å². The summed E-state index contributed by atoms with van der Waals surface area (Å²) in [7, 11) is 0. The van der Waals surface area contributed by atoms with Crippen LogP contribution in [0.4, 0.5) is 0 Å². The van der Waals surface area contributed by atoms with Crippen molar-refractivity contribution < 1.29 is 9.53 Å². The highest BCUT2D eigenvalue weighted by molar-refractivity contribution is 5.90. The number of carbonyl (C=O) groups excluding carboxylic acids is 1. The number of nitrogens with zero attached hydrogens (tertiary/aromatic N) is 3. The number of nitrogens with one attached hydrogen (secondary N) is 1. The largest absolute Gasteiger partial charge is 0.381 e. The van der Waals surface area contributed by atoms with E-state index in [1.165, 1.54) is 5.56 Å². The van der Waals surface area contributed by atoms with E-state index >= 15 is 0 Å². The molecular formula is C20H30N4O2. The van der Waals surface area contributed by atoms with E-state index in [1.807, 2.05) is 25.1 Å². The second-order valence-corrected chi connectivity index (χ2v) is 7.19. The lowest BCUT2D eigenvalue weighted by Crippen LogP contribution is -2.26. The number of carbonyl (C=O) groups is 1. The van der Waals surface area contributed by atoms with Gasteiger partial charge in [-0.15, -0.1) is 5.10 Å². The Morgan fingerprint density at radius 1 is 1.23 bits per heavy atom. The Labute approximate surface area is 156 Å². The van der Waals surface area contributed by atoms with Crippen molar-refractivity contribution in [3.63, 3.8) is 0 Å². The first-order chi connectivity index (χ1) is 12.4. The Hall–Kier alpha value is -2.21. The average Bonchev–Trinajstić information content (AvgIpc) is 2.99. The van der Waals surface area contributed by atoms with Gasteiger partial charge in [-0.05, 0) is 36.8 Å². The summed E-state index contributed by atoms with van der Waals surface area (Å²) in [6.45, 7) is 12.3. The minimum absolute atomic E-state index is 0.198. The van der Waals surface area contributed by atoms with E-state index in [-0.39, 0.29) is 11.7 Å². The lowest BCUT2D eigenvalue weighted by molar-refractivity contribution is 0.0916. The van der Waals surface area contributed by atoms with Crippen LogP contribution in [0.2, 0.25) is 0 Å². The van der Waals surface area contributed by atoms with Crippen LogP contribution in [0.3, 0.4) is 0 Å². The maximum Gasteiger partial charge on any atom is 0.290 e. The average molecular weight is 358 g/mol. The molecule has 2 rings (SSSR count). The summed E-state index contributed by atoms with van der Waals surface area (Å²) in [6, 6.07) is 8.07. The molecule has 6 heteroatoms. The number of hydrogen-bond acceptors (Lipinski definition) is 4. The van der Waals surface area contributed by atoms with Crippen molar-refractivity contribution in [1.82, 2.24) is 20.1 Å². The van der Waals surface area contributed by atoms with Gasteiger partial charge in [-0.3, -0.25) is 4.79 Å². The molecule has 1 heterocycles. The summed E-state index contributed by atoms with van der Waals surface area (Å²) < 4.78 is 7.26. The molecule has 2 aromatic rings. The molecule has 1 aromatic carbocycles. The maximum atomic E-state index is 12.3. The van der Waals surface area contributed by atoms with Crippen LogP contribution >= 0.6 is 0 Å². The summed E-state index contributed by atoms with van der Waals surface area (Å²) in [5.74, 6) is 1.53. The van der Waals surface area contributed by atoms with Crippen LogP contribution in [-0.4, -0.2) is 40.4 Å². The van der Waals surface area contributed by atoms with Gasteiger partial charge in [-0.1, -0.05) is 45.9 Å². The van der Waals surface area contributed by atoms with Gasteiger partial charge in [0.2, 0.25) is 5.82 Å². The molecule has 0 aliphatic heterocycles. The highest BCUT2D eigenvalue weighted by Gasteiger charge is 2.17. The molecular weight excluding hydrogens is 328 g/mol. The topological polar surface area (TPSA) is 69.0 Å². The quantitative estimate of drug-likeness (QED) is 0.697. The van der Waals surface area contributed by atoms with Crippen molar-refractivity contribution in [2.24, 2.45) is 5.92 Å². The van der Waals surface area contributed by atoms with E-state index in [9.17, 15) is 4.79 Å². The predicted octanol–water partition coefficient (Wildman–Crippen LogP) is 3.49. The molecule has 0 radical (unpaired) electrons. The number of aromatic nitrogens is 3. The highest BCUT2D eigenvalue weighted by atomic mass is 16.5. The molecule has 0 spiro atoms. The zero-order chi connectivity index (χ0) is 19.1. The number of benzene rings is 1. The number of ether oxygens (including phenoxy) is 1. The number of aryl methyl sites for hydroxylation is 1. The number of amides is 1. The van der Waals surface area contributed by atoms with Crippen LogP contribution in [0.15, 0.2) is 24.3 Å². The van der Waals surface area contributed by atoms with Crippen molar-refractivity contribution in [2.75, 3.05) is 19.8 Å². The molecule has 1 aromatic heterocycles. The molecule has 1 N–H and O–H groups in total. The summed E-state index contributed by atoms with van der Waals surface area (Å²) in [6.07, 6.45) is 0.772. The van der Waals surface area contributed by atoms with Gasteiger partial charge in [-0.25, -0.2) is 9.67 Å². The third-order valence-electron chi connectivity index (χ3n) is 3.96. The minimum atomic E-state index is -0.252. The molecule has 0 fully saturated rings. The van der Waals surface area contributed by atoms with Crippen LogP contribution < -0.4 is 5.32 Å². The Balaban J connectivity index is 1.98. The molecule has 0 bridgehead atoms. The van der Waals surface area contributed by atoms with E-state index in [0.29, 0.717) is 30.8 Å². The van der Waals surface area contributed by atoms with E-state index in [0.717, 1.165) is 18.7 Å². The van der Waals surface area contributed by atoms with Crippen LogP contribution in [-0.2, 0) is 4.74 Å². The summed E-state index contributed by atoms with van der Waals surface area (Å²) >= 11 is 0. The third-order valence-corrected chi connectivity index (χ3v) is 3.96. The zero-order valence-electron chi connectivity index (χ0n) is 16.5. The summed E-state index contributed by atoms with van der Waals surface area (Å²) in [5, 5.41) is 7.28. The van der Waals surface area contributed by atoms with Crippen LogP contribution in [0, 0.1) is 12.8 Å². The van der Waals surface area contributed by atoms with E-state index in [4.69, 9.17) is 4.74 Å². The van der Waals surface area contributed by atoms with Gasteiger partial charge in [0.05, 0.1) is 5.69 Å². The van der Waals surface area contributed by atoms with Crippen LogP contribution in [0.5, 0.6) is 0 Å². The smallest absolute Gasteiger partial charge is 0.290 e. The Bertz CT molecular complexity index is 722. The van der Waals surface area contributed by atoms with E-state index < -0.39 is 0 Å². The first kappa shape index (κ1) is 20.1. The fourth-order valence-electron chi connectivity index (χ4n) is 2.66. The van der Waals surface area contributed by atoms with Gasteiger partial charge >= 0.3 is 0 Å². The monoisotopic (exact) mass is 358 g/mol. The number of rotatable bonds is 9. The van der Waals surface area contributed by atoms with E-state index in [1.54, 1.807) is 4.68 Å². The first-order valence-electron chi connectivity index (χ1n) is 9.29. The van der Waals surface area contributed by atoms with Crippen LogP contribution in [0.25, 0.3) is 5.69 Å². The second kappa shape index (κ2) is 9.48. The molecule has 0 aliphatic carbocycles. The molecule has 0 aliphatic rings. The molecule has 0 unspecified atom stereocenters. The molecule has 6 nitrogen and oxygen atoms in total. The fourth-order valence-corrected chi connectivity index (χ4v) is 2.66. The Kier molecular flexibility index (Phi) is 7.33. The highest BCUT2D eigenvalue weighted by Crippen LogP contribution is 2.23. The van der Waals surface area contributed by atoms with Crippen LogP contribution in [0.1, 0.15) is 62.0 Å². The standard InChI is InChI=1S/C20H30N4O2/c1-14(2)13-26-12-8-11-21-20(25)19-22-16(5)24(23-19)18-10-7-6-9-17(18)15(3)4/h6-7,9-10,14-15H,8,11-13H2,1-5H3,(H,21,25). The van der Waals surface area contributed by atoms with Gasteiger partial charge in [0, 0.05) is 19.8 Å². The van der Waals surface area contributed by atoms with Gasteiger partial charge in [-0.2, -0.15) is 0 Å². The molecule has 142 valence electrons. The van der Waals surface area contributed by atoms with Gasteiger partial charge in [0.1, 0.15) is 5.82 Å². The molecule has 26 heavy (non-hydrogen) atoms. The lowest BCUT2D eigenvalue weighted by atomic mass is 10.0. The second-order valence-electron chi connectivity index (χ2n) is 7.19. The third kappa shape index (κ3) is 5.39. The molecule has 0 saturated carbocycles. The molecule has 1 amide bonds. The lowest BCUT2D eigenvalue weighted by Gasteiger charge is -2.12. The van der Waals surface area contributed by atoms with Crippen molar-refractivity contribution in [2.45, 2.75) is 47.0 Å². The van der Waals surface area contributed by atoms with Gasteiger partial charge in [0.15, 0.2) is 0 Å². The summed E-state index contributed by atoms with van der Waals surface area (Å²) in [5.41, 5.74) is 2.14. The number of hydrogen-bond donors (Lipinski definition) is 1. The fraction of sp³-hybridized carbons (Fsp3) is 0.550. The minimum Gasteiger partial charge on any atom is -0.381 e. The zero-order valence-corrected chi connectivity index (χ0v) is 16.5. The Morgan fingerprint density at radius 2 is 1.96 bits per heavy atom. The van der Waals surface area contributed by atoms with Gasteiger partial charge < -0.3 is 10.1 Å². The normalized spacial score (nSPS) is 11.3. The predicted molar refractivity (Wildman–Crippen MR) is 103 cm³/mol. The maximum absolute atomic E-state index is 12.3. The Morgan fingerprint density at radius 3 is 2.65 bits per heavy atom. The van der Waals surface area contributed by atoms with Crippen molar-refractivity contribution >= 4 is 5.91 Å². The van der Waals surface area contributed by atoms with E-state index in [2.05, 4.69) is 49.2 Å². The van der Waals surface area contributed by atoms with Crippen molar-refractivity contribution in [1.29, 1.82) is 0 Å². The van der Waals surface area contributed by atoms with Gasteiger partial charge in [0.25, 0.3) is 5.91 Å². The molecule has 0 atom stereocenters. The SMILES string of the molecule is Cc1nc(C(=O)NCCCOCC(C)C)nn1-c1ccccc1C(C)C.